The number of aromatic nitrogens is 2. The lowest BCUT2D eigenvalue weighted by molar-refractivity contribution is -0.125. The second kappa shape index (κ2) is 6.67. The predicted molar refractivity (Wildman–Crippen MR) is 95.0 cm³/mol. The lowest BCUT2D eigenvalue weighted by atomic mass is 9.56. The van der Waals surface area contributed by atoms with Crippen LogP contribution < -0.4 is 11.1 Å². The summed E-state index contributed by atoms with van der Waals surface area (Å²) >= 11 is 0. The third kappa shape index (κ3) is 3.45. The molecule has 2 aliphatic rings. The molecule has 144 valence electrons. The highest BCUT2D eigenvalue weighted by atomic mass is 19.3. The van der Waals surface area contributed by atoms with Crippen LogP contribution in [0.2, 0.25) is 0 Å². The Morgan fingerprint density at radius 1 is 1.15 bits per heavy atom. The van der Waals surface area contributed by atoms with Crippen LogP contribution in [0.4, 0.5) is 14.5 Å². The van der Waals surface area contributed by atoms with E-state index in [1.807, 2.05) is 0 Å². The summed E-state index contributed by atoms with van der Waals surface area (Å²) in [5, 5.41) is 6.43. The number of amides is 1. The van der Waals surface area contributed by atoms with E-state index in [-0.39, 0.29) is 17.1 Å². The molecule has 0 saturated heterocycles. The molecule has 0 aliphatic heterocycles. The molecule has 2 aromatic rings. The highest BCUT2D eigenvalue weighted by molar-refractivity contribution is 5.98. The molecule has 3 N–H and O–H groups in total. The Hall–Kier alpha value is -2.35. The maximum Gasteiger partial charge on any atom is 0.315 e. The molecule has 2 fully saturated rings. The third-order valence-electron chi connectivity index (χ3n) is 5.92. The molecule has 4 rings (SSSR count). The fourth-order valence-electron chi connectivity index (χ4n) is 4.32. The van der Waals surface area contributed by atoms with Crippen molar-refractivity contribution >= 4 is 11.6 Å². The highest BCUT2D eigenvalue weighted by Crippen LogP contribution is 2.53. The standard InChI is InChI=1S/C19H22F2N4O2/c20-14(21)16-24-15(25-27-16)12-3-5-13(6-4-12)23-17(26)19(22)10-2-9-18(11-19)7-1-8-18/h3-6,14H,1-2,7-11,22H2,(H,23,26). The van der Waals surface area contributed by atoms with Gasteiger partial charge in [0.25, 0.3) is 5.89 Å². The second-order valence-corrected chi connectivity index (χ2v) is 7.83. The van der Waals surface area contributed by atoms with Gasteiger partial charge >= 0.3 is 6.43 Å². The summed E-state index contributed by atoms with van der Waals surface area (Å²) in [6, 6.07) is 6.65. The zero-order valence-corrected chi connectivity index (χ0v) is 14.9. The van der Waals surface area contributed by atoms with Gasteiger partial charge in [-0.15, -0.1) is 0 Å². The van der Waals surface area contributed by atoms with Gasteiger partial charge in [0.05, 0.1) is 5.54 Å². The lowest BCUT2D eigenvalue weighted by Gasteiger charge is -2.50. The number of nitrogens with zero attached hydrogens (tertiary/aromatic N) is 2. The van der Waals surface area contributed by atoms with Crippen LogP contribution in [0.15, 0.2) is 28.8 Å². The van der Waals surface area contributed by atoms with E-state index in [9.17, 15) is 13.6 Å². The number of rotatable bonds is 4. The minimum Gasteiger partial charge on any atom is -0.333 e. The van der Waals surface area contributed by atoms with Crippen molar-refractivity contribution in [2.45, 2.75) is 56.9 Å². The molecule has 1 aromatic carbocycles. The van der Waals surface area contributed by atoms with Crippen molar-refractivity contribution in [3.8, 4) is 11.4 Å². The molecular formula is C19H22F2N4O2. The van der Waals surface area contributed by atoms with E-state index in [1.54, 1.807) is 24.3 Å². The number of benzene rings is 1. The number of nitrogens with two attached hydrogens (primary N) is 1. The number of hydrogen-bond donors (Lipinski definition) is 2. The first-order chi connectivity index (χ1) is 12.9. The minimum absolute atomic E-state index is 0.0812. The van der Waals surface area contributed by atoms with Gasteiger partial charge in [-0.05, 0) is 61.8 Å². The highest BCUT2D eigenvalue weighted by Gasteiger charge is 2.49. The molecule has 1 amide bonds. The van der Waals surface area contributed by atoms with E-state index in [1.165, 1.54) is 25.7 Å². The minimum atomic E-state index is -2.81. The zero-order valence-electron chi connectivity index (χ0n) is 14.9. The van der Waals surface area contributed by atoms with Gasteiger partial charge in [-0.25, -0.2) is 0 Å². The first-order valence-corrected chi connectivity index (χ1v) is 9.22. The summed E-state index contributed by atoms with van der Waals surface area (Å²) in [6.45, 7) is 0. The molecule has 0 bridgehead atoms. The van der Waals surface area contributed by atoms with E-state index < -0.39 is 17.9 Å². The Bertz CT molecular complexity index is 832. The van der Waals surface area contributed by atoms with Crippen LogP contribution in [0.1, 0.15) is 57.3 Å². The van der Waals surface area contributed by atoms with Crippen LogP contribution in [-0.2, 0) is 4.79 Å². The van der Waals surface area contributed by atoms with Crippen LogP contribution in [0, 0.1) is 5.41 Å². The summed E-state index contributed by atoms with van der Waals surface area (Å²) in [4.78, 5) is 16.4. The fraction of sp³-hybridized carbons (Fsp3) is 0.526. The normalized spacial score (nSPS) is 24.0. The van der Waals surface area contributed by atoms with Gasteiger partial charge in [-0.3, -0.25) is 4.79 Å². The second-order valence-electron chi connectivity index (χ2n) is 7.83. The molecule has 1 atom stereocenters. The maximum atomic E-state index is 12.8. The van der Waals surface area contributed by atoms with Crippen LogP contribution >= 0.6 is 0 Å². The summed E-state index contributed by atoms with van der Waals surface area (Å²) in [7, 11) is 0. The average molecular weight is 376 g/mol. The van der Waals surface area contributed by atoms with E-state index >= 15 is 0 Å². The van der Waals surface area contributed by atoms with Crippen molar-refractivity contribution in [2.24, 2.45) is 11.1 Å². The fourth-order valence-corrected chi connectivity index (χ4v) is 4.32. The van der Waals surface area contributed by atoms with Crippen molar-refractivity contribution in [1.29, 1.82) is 0 Å². The number of halogens is 2. The Labute approximate surface area is 155 Å². The molecular weight excluding hydrogens is 354 g/mol. The van der Waals surface area contributed by atoms with Crippen molar-refractivity contribution in [1.82, 2.24) is 10.1 Å². The van der Waals surface area contributed by atoms with E-state index in [4.69, 9.17) is 5.73 Å². The topological polar surface area (TPSA) is 94.0 Å². The van der Waals surface area contributed by atoms with Crippen molar-refractivity contribution in [3.63, 3.8) is 0 Å². The van der Waals surface area contributed by atoms with Crippen molar-refractivity contribution < 1.29 is 18.1 Å². The van der Waals surface area contributed by atoms with Gasteiger partial charge in [0.2, 0.25) is 11.7 Å². The van der Waals surface area contributed by atoms with Crippen LogP contribution in [0.3, 0.4) is 0 Å². The Balaban J connectivity index is 1.44. The smallest absolute Gasteiger partial charge is 0.315 e. The molecule has 8 heteroatoms. The lowest BCUT2D eigenvalue weighted by Crippen LogP contribution is -2.57. The van der Waals surface area contributed by atoms with Crippen molar-refractivity contribution in [2.75, 3.05) is 5.32 Å². The number of carbonyl (C=O) groups is 1. The zero-order chi connectivity index (χ0) is 19.1. The molecule has 1 spiro atoms. The van der Waals surface area contributed by atoms with Crippen LogP contribution in [0.5, 0.6) is 0 Å². The first kappa shape index (κ1) is 18.0. The molecule has 1 aromatic heterocycles. The monoisotopic (exact) mass is 376 g/mol. The average Bonchev–Trinajstić information content (AvgIpc) is 3.11. The SMILES string of the molecule is NC1(C(=O)Nc2ccc(-c3noc(C(F)F)n3)cc2)CCCC2(CCC2)C1. The van der Waals surface area contributed by atoms with E-state index in [0.717, 1.165) is 12.8 Å². The van der Waals surface area contributed by atoms with E-state index in [0.29, 0.717) is 17.7 Å². The number of nitrogens with one attached hydrogen (secondary N) is 1. The van der Waals surface area contributed by atoms with Gasteiger partial charge in [0, 0.05) is 11.3 Å². The first-order valence-electron chi connectivity index (χ1n) is 9.22. The van der Waals surface area contributed by atoms with Gasteiger partial charge in [0.1, 0.15) is 0 Å². The molecule has 1 heterocycles. The molecule has 2 aliphatic carbocycles. The predicted octanol–water partition coefficient (Wildman–Crippen LogP) is 4.05. The molecule has 6 nitrogen and oxygen atoms in total. The molecule has 1 unspecified atom stereocenters. The third-order valence-corrected chi connectivity index (χ3v) is 5.92. The molecule has 27 heavy (non-hydrogen) atoms. The number of anilines is 1. The Morgan fingerprint density at radius 3 is 2.41 bits per heavy atom. The summed E-state index contributed by atoms with van der Waals surface area (Å²) in [6.07, 6.45) is 4.33. The summed E-state index contributed by atoms with van der Waals surface area (Å²) < 4.78 is 29.6. The largest absolute Gasteiger partial charge is 0.333 e. The number of alkyl halides is 2. The van der Waals surface area contributed by atoms with Gasteiger partial charge in [-0.2, -0.15) is 13.8 Å². The summed E-state index contributed by atoms with van der Waals surface area (Å²) in [5.41, 5.74) is 7.02. The van der Waals surface area contributed by atoms with Crippen LogP contribution in [-0.4, -0.2) is 21.6 Å². The van der Waals surface area contributed by atoms with Crippen molar-refractivity contribution in [3.05, 3.63) is 30.2 Å². The van der Waals surface area contributed by atoms with Gasteiger partial charge in [-0.1, -0.05) is 18.0 Å². The molecule has 2 saturated carbocycles. The quantitative estimate of drug-likeness (QED) is 0.839. The number of carbonyl (C=O) groups excluding carboxylic acids is 1. The Morgan fingerprint density at radius 2 is 1.81 bits per heavy atom. The van der Waals surface area contributed by atoms with Crippen LogP contribution in [0.25, 0.3) is 11.4 Å². The Kier molecular flexibility index (Phi) is 4.46. The van der Waals surface area contributed by atoms with Gasteiger partial charge in [0.15, 0.2) is 0 Å². The molecule has 0 radical (unpaired) electrons. The van der Waals surface area contributed by atoms with E-state index in [2.05, 4.69) is 20.0 Å². The maximum absolute atomic E-state index is 12.8. The van der Waals surface area contributed by atoms with Gasteiger partial charge < -0.3 is 15.6 Å². The summed E-state index contributed by atoms with van der Waals surface area (Å²) in [5.74, 6) is -0.798. The number of hydrogen-bond acceptors (Lipinski definition) is 5.